The van der Waals surface area contributed by atoms with Gasteiger partial charge in [0.2, 0.25) is 0 Å². The number of ketones is 1. The number of carbonyl (C=O) groups is 3. The maximum Gasteiger partial charge on any atom is 0.350 e. The van der Waals surface area contributed by atoms with E-state index in [0.29, 0.717) is 15.5 Å². The molecule has 0 atom stereocenters. The lowest BCUT2D eigenvalue weighted by Gasteiger charge is -2.11. The van der Waals surface area contributed by atoms with Crippen LogP contribution in [0.1, 0.15) is 30.6 Å². The molecule has 1 aromatic heterocycles. The predicted molar refractivity (Wildman–Crippen MR) is 107 cm³/mol. The summed E-state index contributed by atoms with van der Waals surface area (Å²) in [6.45, 7) is 1.28. The number of aromatic nitrogens is 1. The zero-order valence-electron chi connectivity index (χ0n) is 14.8. The Morgan fingerprint density at radius 2 is 1.89 bits per heavy atom. The van der Waals surface area contributed by atoms with Crippen LogP contribution in [0.4, 0.5) is 5.69 Å². The summed E-state index contributed by atoms with van der Waals surface area (Å²) in [7, 11) is 0. The van der Waals surface area contributed by atoms with E-state index in [1.165, 1.54) is 29.7 Å². The average molecular weight is 415 g/mol. The number of hydrogen-bond acceptors (Lipinski definition) is 6. The first-order valence-corrected chi connectivity index (χ1v) is 9.42. The number of halogens is 1. The molecule has 8 heteroatoms. The molecule has 2 aromatic carbocycles. The number of esters is 1. The molecule has 0 saturated carbocycles. The van der Waals surface area contributed by atoms with Crippen molar-refractivity contribution in [3.8, 4) is 0 Å². The van der Waals surface area contributed by atoms with Crippen LogP contribution in [0.3, 0.4) is 0 Å². The van der Waals surface area contributed by atoms with Gasteiger partial charge in [0.1, 0.15) is 4.88 Å². The quantitative estimate of drug-likeness (QED) is 0.484. The van der Waals surface area contributed by atoms with E-state index in [-0.39, 0.29) is 17.0 Å². The van der Waals surface area contributed by atoms with Crippen molar-refractivity contribution in [3.05, 3.63) is 80.8 Å². The van der Waals surface area contributed by atoms with Crippen LogP contribution in [-0.4, -0.2) is 29.3 Å². The van der Waals surface area contributed by atoms with Crippen molar-refractivity contribution in [3.63, 3.8) is 0 Å². The summed E-state index contributed by atoms with van der Waals surface area (Å²) < 4.78 is 4.99. The van der Waals surface area contributed by atoms with Crippen molar-refractivity contribution in [1.82, 2.24) is 4.98 Å². The number of rotatable bonds is 6. The van der Waals surface area contributed by atoms with Gasteiger partial charge in [-0.1, -0.05) is 41.9 Å². The molecule has 6 nitrogen and oxygen atoms in total. The Balaban J connectivity index is 1.70. The monoisotopic (exact) mass is 414 g/mol. The molecule has 0 aliphatic carbocycles. The number of carbonyl (C=O) groups excluding carboxylic acids is 3. The second-order valence-electron chi connectivity index (χ2n) is 5.75. The highest BCUT2D eigenvalue weighted by molar-refractivity contribution is 7.13. The zero-order chi connectivity index (χ0) is 20.1. The first-order chi connectivity index (χ1) is 13.4. The van der Waals surface area contributed by atoms with E-state index in [1.807, 2.05) is 0 Å². The smallest absolute Gasteiger partial charge is 0.350 e. The minimum Gasteiger partial charge on any atom is -0.451 e. The van der Waals surface area contributed by atoms with E-state index >= 15 is 0 Å². The lowest BCUT2D eigenvalue weighted by Crippen LogP contribution is -2.22. The van der Waals surface area contributed by atoms with Crippen molar-refractivity contribution in [1.29, 1.82) is 0 Å². The zero-order valence-corrected chi connectivity index (χ0v) is 16.3. The largest absolute Gasteiger partial charge is 0.451 e. The molecule has 0 aliphatic rings. The molecule has 28 heavy (non-hydrogen) atoms. The molecule has 1 N–H and O–H groups in total. The Labute approximate surface area is 170 Å². The molecule has 1 amide bonds. The van der Waals surface area contributed by atoms with E-state index < -0.39 is 18.5 Å². The van der Waals surface area contributed by atoms with Gasteiger partial charge >= 0.3 is 5.97 Å². The Kier molecular flexibility index (Phi) is 6.18. The maximum absolute atomic E-state index is 12.8. The highest BCUT2D eigenvalue weighted by Gasteiger charge is 2.17. The summed E-state index contributed by atoms with van der Waals surface area (Å²) in [6, 6.07) is 13.2. The summed E-state index contributed by atoms with van der Waals surface area (Å²) >= 11 is 7.20. The summed E-state index contributed by atoms with van der Waals surface area (Å²) in [5.41, 5.74) is 0.997. The van der Waals surface area contributed by atoms with Gasteiger partial charge in [0, 0.05) is 16.1 Å². The Hall–Kier alpha value is -3.03. The van der Waals surface area contributed by atoms with Crippen molar-refractivity contribution < 1.29 is 19.1 Å². The number of aryl methyl sites for hydroxylation is 1. The number of anilines is 1. The minimum absolute atomic E-state index is 0.247. The van der Waals surface area contributed by atoms with Gasteiger partial charge < -0.3 is 10.1 Å². The van der Waals surface area contributed by atoms with Gasteiger partial charge in [0.05, 0.1) is 16.9 Å². The van der Waals surface area contributed by atoms with Crippen LogP contribution >= 0.6 is 22.9 Å². The normalized spacial score (nSPS) is 10.4. The fraction of sp³-hybridized carbons (Fsp3) is 0.100. The Morgan fingerprint density at radius 3 is 2.57 bits per heavy atom. The first kappa shape index (κ1) is 19.7. The van der Waals surface area contributed by atoms with Crippen molar-refractivity contribution in [2.45, 2.75) is 6.92 Å². The van der Waals surface area contributed by atoms with Crippen LogP contribution < -0.4 is 5.32 Å². The topological polar surface area (TPSA) is 85.4 Å². The van der Waals surface area contributed by atoms with Gasteiger partial charge in [-0.2, -0.15) is 0 Å². The van der Waals surface area contributed by atoms with Gasteiger partial charge in [0.15, 0.2) is 12.4 Å². The van der Waals surface area contributed by atoms with E-state index in [2.05, 4.69) is 10.3 Å². The van der Waals surface area contributed by atoms with Gasteiger partial charge in [-0.25, -0.2) is 9.78 Å². The lowest BCUT2D eigenvalue weighted by molar-refractivity contribution is -0.119. The van der Waals surface area contributed by atoms with Crippen LogP contribution in [0.2, 0.25) is 5.02 Å². The van der Waals surface area contributed by atoms with E-state index in [1.54, 1.807) is 43.3 Å². The molecule has 0 radical (unpaired) electrons. The molecule has 0 spiro atoms. The van der Waals surface area contributed by atoms with E-state index in [0.717, 1.165) is 5.01 Å². The number of benzene rings is 2. The van der Waals surface area contributed by atoms with Crippen molar-refractivity contribution >= 4 is 46.3 Å². The highest BCUT2D eigenvalue weighted by atomic mass is 35.5. The second kappa shape index (κ2) is 8.77. The summed E-state index contributed by atoms with van der Waals surface area (Å²) in [5.74, 6) is -1.48. The number of hydrogen-bond donors (Lipinski definition) is 1. The number of nitrogens with zero attached hydrogens (tertiary/aromatic N) is 1. The first-order valence-electron chi connectivity index (χ1n) is 8.23. The third kappa shape index (κ3) is 4.82. The third-order valence-electron chi connectivity index (χ3n) is 3.69. The summed E-state index contributed by atoms with van der Waals surface area (Å²) in [4.78, 5) is 41.2. The third-order valence-corrected chi connectivity index (χ3v) is 4.82. The number of nitrogens with one attached hydrogen (secondary N) is 1. The molecular formula is C20H15ClN2O4S. The molecule has 0 unspecified atom stereocenters. The number of amides is 1. The van der Waals surface area contributed by atoms with Gasteiger partial charge in [-0.15, -0.1) is 11.3 Å². The molecule has 3 rings (SSSR count). The fourth-order valence-electron chi connectivity index (χ4n) is 2.40. The van der Waals surface area contributed by atoms with Gasteiger partial charge in [0.25, 0.3) is 5.91 Å². The molecular weight excluding hydrogens is 400 g/mol. The van der Waals surface area contributed by atoms with Crippen LogP contribution in [0.5, 0.6) is 0 Å². The van der Waals surface area contributed by atoms with Crippen LogP contribution in [0, 0.1) is 6.92 Å². The van der Waals surface area contributed by atoms with Crippen molar-refractivity contribution in [2.24, 2.45) is 0 Å². The van der Waals surface area contributed by atoms with Crippen LogP contribution in [0.25, 0.3) is 0 Å². The van der Waals surface area contributed by atoms with E-state index in [9.17, 15) is 14.4 Å². The summed E-state index contributed by atoms with van der Waals surface area (Å²) in [6.07, 6.45) is 1.40. The fourth-order valence-corrected chi connectivity index (χ4v) is 3.25. The van der Waals surface area contributed by atoms with E-state index in [4.69, 9.17) is 16.3 Å². The highest BCUT2D eigenvalue weighted by Crippen LogP contribution is 2.24. The van der Waals surface area contributed by atoms with Crippen LogP contribution in [0.15, 0.2) is 54.7 Å². The number of thiazole rings is 1. The molecule has 0 fully saturated rings. The molecule has 3 aromatic rings. The number of ether oxygens (including phenoxy) is 1. The summed E-state index contributed by atoms with van der Waals surface area (Å²) in [5, 5.41) is 3.68. The molecule has 0 saturated heterocycles. The standard InChI is InChI=1S/C20H15ClN2O4S/c1-12-22-10-17(28-12)20(26)27-11-18(24)23-16-8-7-14(21)9-15(16)19(25)13-5-3-2-4-6-13/h2-10H,11H2,1H3,(H,23,24). The lowest BCUT2D eigenvalue weighted by atomic mass is 10.0. The molecule has 0 bridgehead atoms. The second-order valence-corrected chi connectivity index (χ2v) is 7.42. The predicted octanol–water partition coefficient (Wildman–Crippen LogP) is 4.13. The Bertz CT molecular complexity index is 1030. The SMILES string of the molecule is Cc1ncc(C(=O)OCC(=O)Nc2ccc(Cl)cc2C(=O)c2ccccc2)s1. The van der Waals surface area contributed by atoms with Crippen LogP contribution in [-0.2, 0) is 9.53 Å². The maximum atomic E-state index is 12.8. The van der Waals surface area contributed by atoms with Gasteiger partial charge in [-0.05, 0) is 25.1 Å². The molecule has 1 heterocycles. The molecule has 142 valence electrons. The molecule has 0 aliphatic heterocycles. The Morgan fingerprint density at radius 1 is 1.14 bits per heavy atom. The van der Waals surface area contributed by atoms with Gasteiger partial charge in [-0.3, -0.25) is 9.59 Å². The van der Waals surface area contributed by atoms with Crippen molar-refractivity contribution in [2.75, 3.05) is 11.9 Å². The minimum atomic E-state index is -0.627. The average Bonchev–Trinajstić information content (AvgIpc) is 3.14.